The second-order valence-corrected chi connectivity index (χ2v) is 4.48. The number of carbonyl (C=O) groups is 3. The first-order chi connectivity index (χ1) is 10.4. The number of nitrogens with one attached hydrogen (secondary N) is 1. The minimum atomic E-state index is -1.39. The molecule has 0 atom stereocenters. The molecule has 9 heteroatoms. The summed E-state index contributed by atoms with van der Waals surface area (Å²) in [5.74, 6) is -2.91. The average molecular weight is 321 g/mol. The second-order valence-electron chi connectivity index (χ2n) is 4.07. The number of carboxylic acids is 1. The van der Waals surface area contributed by atoms with E-state index >= 15 is 0 Å². The second kappa shape index (κ2) is 6.19. The number of hydrogen-bond acceptors (Lipinski definition) is 5. The molecule has 0 aliphatic heterocycles. The summed E-state index contributed by atoms with van der Waals surface area (Å²) in [6.07, 6.45) is 2.34. The van der Waals surface area contributed by atoms with Gasteiger partial charge in [0.25, 0.3) is 5.91 Å². The number of carbonyl (C=O) groups excluding carboxylic acids is 2. The van der Waals surface area contributed by atoms with E-state index in [0.717, 1.165) is 6.20 Å². The topological polar surface area (TPSA) is 135 Å². The molecule has 22 heavy (non-hydrogen) atoms. The molecule has 1 aromatic heterocycles. The molecule has 112 valence electrons. The van der Waals surface area contributed by atoms with E-state index in [-0.39, 0.29) is 22.0 Å². The van der Waals surface area contributed by atoms with Crippen LogP contribution in [0.3, 0.4) is 0 Å². The Bertz CT molecular complexity index is 778. The van der Waals surface area contributed by atoms with Crippen LogP contribution in [0.25, 0.3) is 0 Å². The van der Waals surface area contributed by atoms with Crippen molar-refractivity contribution in [3.8, 4) is 0 Å². The predicted octanol–water partition coefficient (Wildman–Crippen LogP) is 1.18. The van der Waals surface area contributed by atoms with Crippen LogP contribution >= 0.6 is 11.6 Å². The number of hydrogen-bond donors (Lipinski definition) is 3. The summed E-state index contributed by atoms with van der Waals surface area (Å²) in [6, 6.07) is 4.05. The summed E-state index contributed by atoms with van der Waals surface area (Å²) in [7, 11) is 0. The van der Waals surface area contributed by atoms with Gasteiger partial charge in [0.15, 0.2) is 11.4 Å². The van der Waals surface area contributed by atoms with Crippen molar-refractivity contribution in [1.82, 2.24) is 9.97 Å². The van der Waals surface area contributed by atoms with E-state index in [1.807, 2.05) is 0 Å². The first-order valence-corrected chi connectivity index (χ1v) is 6.23. The first-order valence-electron chi connectivity index (χ1n) is 5.85. The van der Waals surface area contributed by atoms with Gasteiger partial charge in [-0.1, -0.05) is 11.6 Å². The molecule has 2 amide bonds. The maximum Gasteiger partial charge on any atom is 0.356 e. The van der Waals surface area contributed by atoms with Gasteiger partial charge in [0, 0.05) is 18.0 Å². The molecule has 0 unspecified atom stereocenters. The largest absolute Gasteiger partial charge is 0.476 e. The van der Waals surface area contributed by atoms with Gasteiger partial charge in [-0.05, 0) is 18.2 Å². The lowest BCUT2D eigenvalue weighted by Gasteiger charge is -2.09. The highest BCUT2D eigenvalue weighted by atomic mass is 35.5. The van der Waals surface area contributed by atoms with Gasteiger partial charge in [-0.15, -0.1) is 0 Å². The third-order valence-electron chi connectivity index (χ3n) is 2.61. The van der Waals surface area contributed by atoms with Crippen LogP contribution in [0.5, 0.6) is 0 Å². The number of nitrogens with two attached hydrogens (primary N) is 1. The Labute approximate surface area is 128 Å². The fourth-order valence-electron chi connectivity index (χ4n) is 1.62. The fourth-order valence-corrected chi connectivity index (χ4v) is 1.78. The minimum absolute atomic E-state index is 0.102. The number of rotatable bonds is 4. The third-order valence-corrected chi connectivity index (χ3v) is 2.94. The quantitative estimate of drug-likeness (QED) is 0.774. The van der Waals surface area contributed by atoms with E-state index in [1.165, 1.54) is 24.4 Å². The number of aromatic nitrogens is 2. The number of benzene rings is 1. The molecule has 0 bridgehead atoms. The zero-order valence-corrected chi connectivity index (χ0v) is 11.7. The van der Waals surface area contributed by atoms with Gasteiger partial charge < -0.3 is 16.2 Å². The van der Waals surface area contributed by atoms with Crippen LogP contribution in [0.4, 0.5) is 5.69 Å². The van der Waals surface area contributed by atoms with E-state index < -0.39 is 23.5 Å². The summed E-state index contributed by atoms with van der Waals surface area (Å²) < 4.78 is 0. The summed E-state index contributed by atoms with van der Waals surface area (Å²) in [4.78, 5) is 41.5. The molecule has 0 aliphatic rings. The Morgan fingerprint density at radius 2 is 1.77 bits per heavy atom. The molecular formula is C13H9ClN4O4. The van der Waals surface area contributed by atoms with Gasteiger partial charge >= 0.3 is 5.97 Å². The lowest BCUT2D eigenvalue weighted by Crippen LogP contribution is -2.20. The summed E-state index contributed by atoms with van der Waals surface area (Å²) in [6.45, 7) is 0. The van der Waals surface area contributed by atoms with Crippen LogP contribution in [0.15, 0.2) is 30.6 Å². The fraction of sp³-hybridized carbons (Fsp3) is 0. The Morgan fingerprint density at radius 3 is 2.36 bits per heavy atom. The SMILES string of the molecule is NC(=O)c1ccc(Cl)c(NC(=O)c2nccnc2C(=O)O)c1. The standard InChI is InChI=1S/C13H9ClN4O4/c14-7-2-1-6(11(15)19)5-8(7)18-12(20)9-10(13(21)22)17-4-3-16-9/h1-5H,(H2,15,19)(H,18,20)(H,21,22). The van der Waals surface area contributed by atoms with Crippen LogP contribution in [0.2, 0.25) is 5.02 Å². The number of primary amides is 1. The van der Waals surface area contributed by atoms with Crippen LogP contribution < -0.4 is 11.1 Å². The number of halogens is 1. The van der Waals surface area contributed by atoms with E-state index in [4.69, 9.17) is 22.4 Å². The van der Waals surface area contributed by atoms with Crippen molar-refractivity contribution >= 4 is 35.1 Å². The molecule has 8 nitrogen and oxygen atoms in total. The van der Waals surface area contributed by atoms with Crippen molar-refractivity contribution in [2.24, 2.45) is 5.73 Å². The van der Waals surface area contributed by atoms with E-state index in [0.29, 0.717) is 0 Å². The lowest BCUT2D eigenvalue weighted by molar-refractivity contribution is 0.0684. The van der Waals surface area contributed by atoms with Crippen LogP contribution in [0, 0.1) is 0 Å². The zero-order chi connectivity index (χ0) is 16.3. The number of anilines is 1. The molecule has 0 saturated carbocycles. The molecule has 1 heterocycles. The van der Waals surface area contributed by atoms with Crippen molar-refractivity contribution in [2.75, 3.05) is 5.32 Å². The molecule has 0 radical (unpaired) electrons. The predicted molar refractivity (Wildman–Crippen MR) is 76.9 cm³/mol. The monoisotopic (exact) mass is 320 g/mol. The lowest BCUT2D eigenvalue weighted by atomic mass is 10.2. The van der Waals surface area contributed by atoms with Crippen LogP contribution in [0.1, 0.15) is 31.3 Å². The van der Waals surface area contributed by atoms with E-state index in [1.54, 1.807) is 0 Å². The Morgan fingerprint density at radius 1 is 1.14 bits per heavy atom. The molecule has 2 aromatic rings. The Kier molecular flexibility index (Phi) is 4.33. The van der Waals surface area contributed by atoms with Gasteiger partial charge in [-0.2, -0.15) is 0 Å². The number of aromatic carboxylic acids is 1. The average Bonchev–Trinajstić information content (AvgIpc) is 2.49. The highest BCUT2D eigenvalue weighted by Gasteiger charge is 2.20. The smallest absolute Gasteiger partial charge is 0.356 e. The Hall–Kier alpha value is -3.00. The highest BCUT2D eigenvalue weighted by molar-refractivity contribution is 6.34. The van der Waals surface area contributed by atoms with Crippen LogP contribution in [-0.2, 0) is 0 Å². The molecule has 1 aromatic carbocycles. The van der Waals surface area contributed by atoms with Gasteiger partial charge in [0.2, 0.25) is 5.91 Å². The zero-order valence-electron chi connectivity index (χ0n) is 10.9. The maximum atomic E-state index is 12.1. The van der Waals surface area contributed by atoms with Gasteiger partial charge in [0.05, 0.1) is 10.7 Å². The molecule has 4 N–H and O–H groups in total. The molecule has 0 fully saturated rings. The molecular weight excluding hydrogens is 312 g/mol. The van der Waals surface area contributed by atoms with Crippen molar-refractivity contribution in [3.63, 3.8) is 0 Å². The van der Waals surface area contributed by atoms with Crippen LogP contribution in [-0.4, -0.2) is 32.9 Å². The van der Waals surface area contributed by atoms with Crippen molar-refractivity contribution in [3.05, 3.63) is 52.6 Å². The molecule has 2 rings (SSSR count). The van der Waals surface area contributed by atoms with Crippen molar-refractivity contribution in [1.29, 1.82) is 0 Å². The summed E-state index contributed by atoms with van der Waals surface area (Å²) in [5.41, 5.74) is 4.50. The molecule has 0 aliphatic carbocycles. The molecule has 0 saturated heterocycles. The minimum Gasteiger partial charge on any atom is -0.476 e. The number of carboxylic acid groups (broad SMARTS) is 1. The third kappa shape index (κ3) is 3.18. The van der Waals surface area contributed by atoms with Gasteiger partial charge in [0.1, 0.15) is 0 Å². The summed E-state index contributed by atoms with van der Waals surface area (Å²) >= 11 is 5.92. The maximum absolute atomic E-state index is 12.1. The number of amides is 2. The van der Waals surface area contributed by atoms with E-state index in [9.17, 15) is 14.4 Å². The van der Waals surface area contributed by atoms with E-state index in [2.05, 4.69) is 15.3 Å². The first kappa shape index (κ1) is 15.4. The number of nitrogens with zero attached hydrogens (tertiary/aromatic N) is 2. The molecule has 0 spiro atoms. The summed E-state index contributed by atoms with van der Waals surface area (Å²) in [5, 5.41) is 11.5. The van der Waals surface area contributed by atoms with Gasteiger partial charge in [-0.25, -0.2) is 14.8 Å². The van der Waals surface area contributed by atoms with Crippen molar-refractivity contribution in [2.45, 2.75) is 0 Å². The highest BCUT2D eigenvalue weighted by Crippen LogP contribution is 2.23. The van der Waals surface area contributed by atoms with Gasteiger partial charge in [-0.3, -0.25) is 9.59 Å². The normalized spacial score (nSPS) is 10.0. The Balaban J connectivity index is 2.36. The van der Waals surface area contributed by atoms with Crippen molar-refractivity contribution < 1.29 is 19.5 Å².